The number of aryl methyl sites for hydroxylation is 2. The highest BCUT2D eigenvalue weighted by Crippen LogP contribution is 2.27. The molecule has 1 atom stereocenters. The number of hydrogen-bond acceptors (Lipinski definition) is 0. The molecule has 2 rings (SSSR count). The van der Waals surface area contributed by atoms with Gasteiger partial charge in [-0.2, -0.15) is 0 Å². The molecule has 0 saturated heterocycles. The molecular formula is C16H16Cl2. The van der Waals surface area contributed by atoms with Gasteiger partial charge in [-0.15, -0.1) is 11.6 Å². The van der Waals surface area contributed by atoms with E-state index in [1.807, 2.05) is 24.3 Å². The molecule has 0 fully saturated rings. The minimum atomic E-state index is -0.0363. The lowest BCUT2D eigenvalue weighted by atomic mass is 10.0. The second kappa shape index (κ2) is 5.77. The Morgan fingerprint density at radius 2 is 1.78 bits per heavy atom. The first kappa shape index (κ1) is 13.5. The third-order valence-electron chi connectivity index (χ3n) is 3.20. The summed E-state index contributed by atoms with van der Waals surface area (Å²) in [6.45, 7) is 4.25. The summed E-state index contributed by atoms with van der Waals surface area (Å²) in [7, 11) is 0. The maximum absolute atomic E-state index is 6.45. The highest BCUT2D eigenvalue weighted by molar-refractivity contribution is 6.30. The molecule has 0 bridgehead atoms. The summed E-state index contributed by atoms with van der Waals surface area (Å²) in [5.74, 6) is 0. The fraction of sp³-hybridized carbons (Fsp3) is 0.250. The molecule has 0 aliphatic carbocycles. The molecule has 0 saturated carbocycles. The van der Waals surface area contributed by atoms with Crippen molar-refractivity contribution in [2.24, 2.45) is 0 Å². The molecule has 1 unspecified atom stereocenters. The zero-order chi connectivity index (χ0) is 13.1. The highest BCUT2D eigenvalue weighted by Gasteiger charge is 2.09. The fourth-order valence-electron chi connectivity index (χ4n) is 1.96. The quantitative estimate of drug-likeness (QED) is 0.653. The van der Waals surface area contributed by atoms with Crippen LogP contribution in [0.25, 0.3) is 0 Å². The summed E-state index contributed by atoms with van der Waals surface area (Å²) in [5, 5.41) is 0.698. The molecule has 2 aromatic rings. The van der Waals surface area contributed by atoms with Crippen molar-refractivity contribution in [2.45, 2.75) is 25.6 Å². The minimum Gasteiger partial charge on any atom is -0.117 e. The molecule has 0 aliphatic rings. The van der Waals surface area contributed by atoms with Gasteiger partial charge in [0.05, 0.1) is 5.38 Å². The van der Waals surface area contributed by atoms with E-state index in [-0.39, 0.29) is 5.38 Å². The first-order valence-electron chi connectivity index (χ1n) is 6.02. The molecule has 2 aromatic carbocycles. The molecule has 0 aromatic heterocycles. The van der Waals surface area contributed by atoms with Crippen molar-refractivity contribution < 1.29 is 0 Å². The highest BCUT2D eigenvalue weighted by atomic mass is 35.5. The van der Waals surface area contributed by atoms with Crippen LogP contribution in [0.2, 0.25) is 5.02 Å². The molecular weight excluding hydrogens is 263 g/mol. The number of rotatable bonds is 3. The molecule has 0 N–H and O–H groups in total. The predicted molar refractivity (Wildman–Crippen MR) is 79.7 cm³/mol. The van der Waals surface area contributed by atoms with Gasteiger partial charge >= 0.3 is 0 Å². The van der Waals surface area contributed by atoms with Crippen molar-refractivity contribution in [1.82, 2.24) is 0 Å². The predicted octanol–water partition coefficient (Wildman–Crippen LogP) is 5.48. The Bertz CT molecular complexity index is 547. The third-order valence-corrected chi connectivity index (χ3v) is 3.84. The van der Waals surface area contributed by atoms with Crippen LogP contribution in [0.3, 0.4) is 0 Å². The molecule has 18 heavy (non-hydrogen) atoms. The van der Waals surface area contributed by atoms with Crippen LogP contribution in [0.5, 0.6) is 0 Å². The van der Waals surface area contributed by atoms with Crippen molar-refractivity contribution in [3.05, 3.63) is 69.7 Å². The molecule has 2 heteroatoms. The normalized spacial score (nSPS) is 12.4. The zero-order valence-electron chi connectivity index (χ0n) is 10.6. The summed E-state index contributed by atoms with van der Waals surface area (Å²) in [6.07, 6.45) is 0.822. The van der Waals surface area contributed by atoms with Crippen LogP contribution in [-0.2, 0) is 6.42 Å². The van der Waals surface area contributed by atoms with Crippen LogP contribution in [0.1, 0.15) is 27.6 Å². The summed E-state index contributed by atoms with van der Waals surface area (Å²) in [6, 6.07) is 14.2. The van der Waals surface area contributed by atoms with Gasteiger partial charge in [-0.3, -0.25) is 0 Å². The van der Waals surface area contributed by atoms with Gasteiger partial charge in [-0.1, -0.05) is 41.9 Å². The molecule has 0 heterocycles. The van der Waals surface area contributed by atoms with Crippen molar-refractivity contribution in [3.63, 3.8) is 0 Å². The lowest BCUT2D eigenvalue weighted by Crippen LogP contribution is -1.97. The number of benzene rings is 2. The summed E-state index contributed by atoms with van der Waals surface area (Å²) < 4.78 is 0. The van der Waals surface area contributed by atoms with Crippen LogP contribution in [0.15, 0.2) is 42.5 Å². The average molecular weight is 279 g/mol. The van der Waals surface area contributed by atoms with Crippen molar-refractivity contribution in [2.75, 3.05) is 0 Å². The second-order valence-corrected chi connectivity index (χ2v) is 5.61. The standard InChI is InChI=1S/C16H16Cl2/c1-11-6-7-13(8-12(11)2)9-16(18)14-4-3-5-15(17)10-14/h3-8,10,16H,9H2,1-2H3. The van der Waals surface area contributed by atoms with Gasteiger partial charge in [-0.25, -0.2) is 0 Å². The van der Waals surface area contributed by atoms with Gasteiger partial charge in [0.15, 0.2) is 0 Å². The van der Waals surface area contributed by atoms with E-state index in [0.29, 0.717) is 0 Å². The molecule has 0 nitrogen and oxygen atoms in total. The topological polar surface area (TPSA) is 0 Å². The van der Waals surface area contributed by atoms with Crippen LogP contribution in [0, 0.1) is 13.8 Å². The van der Waals surface area contributed by atoms with Gasteiger partial charge < -0.3 is 0 Å². The summed E-state index contributed by atoms with van der Waals surface area (Å²) in [4.78, 5) is 0. The van der Waals surface area contributed by atoms with E-state index in [4.69, 9.17) is 23.2 Å². The summed E-state index contributed by atoms with van der Waals surface area (Å²) >= 11 is 12.4. The van der Waals surface area contributed by atoms with Crippen molar-refractivity contribution >= 4 is 23.2 Å². The van der Waals surface area contributed by atoms with E-state index in [2.05, 4.69) is 32.0 Å². The van der Waals surface area contributed by atoms with Crippen LogP contribution < -0.4 is 0 Å². The summed E-state index contributed by atoms with van der Waals surface area (Å²) in [5.41, 5.74) is 4.95. The number of hydrogen-bond donors (Lipinski definition) is 0. The molecule has 0 amide bonds. The monoisotopic (exact) mass is 278 g/mol. The SMILES string of the molecule is Cc1ccc(CC(Cl)c2cccc(Cl)c2)cc1C. The minimum absolute atomic E-state index is 0.0363. The lowest BCUT2D eigenvalue weighted by Gasteiger charge is -2.11. The maximum Gasteiger partial charge on any atom is 0.0626 e. The number of halogens is 2. The van der Waals surface area contributed by atoms with Gasteiger partial charge in [0.1, 0.15) is 0 Å². The van der Waals surface area contributed by atoms with Gasteiger partial charge in [0, 0.05) is 5.02 Å². The van der Waals surface area contributed by atoms with Gasteiger partial charge in [0.25, 0.3) is 0 Å². The average Bonchev–Trinajstić information content (AvgIpc) is 2.34. The Morgan fingerprint density at radius 3 is 2.44 bits per heavy atom. The first-order chi connectivity index (χ1) is 8.56. The molecule has 94 valence electrons. The Hall–Kier alpha value is -0.980. The van der Waals surface area contributed by atoms with Gasteiger partial charge in [-0.05, 0) is 54.7 Å². The maximum atomic E-state index is 6.45. The Kier molecular flexibility index (Phi) is 4.31. The van der Waals surface area contributed by atoms with Crippen LogP contribution in [0.4, 0.5) is 0 Å². The number of alkyl halides is 1. The van der Waals surface area contributed by atoms with E-state index in [9.17, 15) is 0 Å². The Balaban J connectivity index is 2.16. The van der Waals surface area contributed by atoms with Crippen LogP contribution >= 0.6 is 23.2 Å². The van der Waals surface area contributed by atoms with E-state index >= 15 is 0 Å². The Morgan fingerprint density at radius 1 is 1.00 bits per heavy atom. The van der Waals surface area contributed by atoms with E-state index in [1.54, 1.807) is 0 Å². The zero-order valence-corrected chi connectivity index (χ0v) is 12.1. The van der Waals surface area contributed by atoms with E-state index in [0.717, 1.165) is 17.0 Å². The van der Waals surface area contributed by atoms with Crippen molar-refractivity contribution in [1.29, 1.82) is 0 Å². The first-order valence-corrected chi connectivity index (χ1v) is 6.83. The largest absolute Gasteiger partial charge is 0.117 e. The van der Waals surface area contributed by atoms with E-state index < -0.39 is 0 Å². The van der Waals surface area contributed by atoms with Gasteiger partial charge in [0.2, 0.25) is 0 Å². The molecule has 0 aliphatic heterocycles. The smallest absolute Gasteiger partial charge is 0.0626 e. The molecule has 0 spiro atoms. The Labute approximate surface area is 119 Å². The third kappa shape index (κ3) is 3.28. The van der Waals surface area contributed by atoms with Crippen LogP contribution in [-0.4, -0.2) is 0 Å². The fourth-order valence-corrected chi connectivity index (χ4v) is 2.47. The second-order valence-electron chi connectivity index (χ2n) is 4.65. The molecule has 0 radical (unpaired) electrons. The van der Waals surface area contributed by atoms with Crippen molar-refractivity contribution in [3.8, 4) is 0 Å². The lowest BCUT2D eigenvalue weighted by molar-refractivity contribution is 0.917. The van der Waals surface area contributed by atoms with E-state index in [1.165, 1.54) is 16.7 Å².